The van der Waals surface area contributed by atoms with Gasteiger partial charge in [-0.25, -0.2) is 0 Å². The quantitative estimate of drug-likeness (QED) is 0.411. The van der Waals surface area contributed by atoms with Crippen molar-refractivity contribution < 1.29 is 0 Å². The first-order chi connectivity index (χ1) is 12.1. The number of hydrogen-bond donors (Lipinski definition) is 1. The molecule has 1 aromatic rings. The molecular formula is C25H41N. The fourth-order valence-corrected chi connectivity index (χ4v) is 1.86. The van der Waals surface area contributed by atoms with Crippen LogP contribution in [0.1, 0.15) is 71.9 Å². The summed E-state index contributed by atoms with van der Waals surface area (Å²) in [6, 6.07) is 8.66. The van der Waals surface area contributed by atoms with Gasteiger partial charge >= 0.3 is 0 Å². The summed E-state index contributed by atoms with van der Waals surface area (Å²) in [6.07, 6.45) is 4.93. The maximum Gasteiger partial charge on any atom is 0.0273 e. The Morgan fingerprint density at radius 3 is 1.62 bits per heavy atom. The smallest absolute Gasteiger partial charge is 0.0273 e. The van der Waals surface area contributed by atoms with Crippen molar-refractivity contribution >= 4 is 0 Å². The number of hydrogen-bond acceptors (Lipinski definition) is 1. The van der Waals surface area contributed by atoms with E-state index in [9.17, 15) is 0 Å². The van der Waals surface area contributed by atoms with Gasteiger partial charge in [0.15, 0.2) is 0 Å². The molecule has 1 heteroatoms. The molecule has 0 radical (unpaired) electrons. The second kappa shape index (κ2) is 15.3. The molecule has 0 fully saturated rings. The van der Waals surface area contributed by atoms with Crippen LogP contribution in [0, 0.1) is 6.92 Å². The zero-order valence-corrected chi connectivity index (χ0v) is 18.3. The van der Waals surface area contributed by atoms with Crippen LogP contribution in [0.5, 0.6) is 0 Å². The molecule has 0 amide bonds. The maximum atomic E-state index is 5.48. The average molecular weight is 356 g/mol. The number of rotatable bonds is 6. The second-order valence-electron chi connectivity index (χ2n) is 6.96. The van der Waals surface area contributed by atoms with Crippen molar-refractivity contribution in [2.45, 2.75) is 74.1 Å². The number of nitrogens with two attached hydrogens (primary N) is 1. The summed E-state index contributed by atoms with van der Waals surface area (Å²) in [4.78, 5) is 0. The van der Waals surface area contributed by atoms with Gasteiger partial charge in [0.25, 0.3) is 0 Å². The molecule has 2 N–H and O–H groups in total. The highest BCUT2D eigenvalue weighted by Gasteiger charge is 1.97. The Balaban J connectivity index is 0. The van der Waals surface area contributed by atoms with Crippen LogP contribution in [0.15, 0.2) is 72.0 Å². The van der Waals surface area contributed by atoms with E-state index in [1.807, 2.05) is 20.8 Å². The molecule has 0 unspecified atom stereocenters. The molecule has 1 nitrogen and oxygen atoms in total. The predicted octanol–water partition coefficient (Wildman–Crippen LogP) is 7.68. The van der Waals surface area contributed by atoms with Crippen LogP contribution < -0.4 is 5.73 Å². The Hall–Kier alpha value is -2.02. The van der Waals surface area contributed by atoms with Gasteiger partial charge < -0.3 is 5.73 Å². The molecule has 26 heavy (non-hydrogen) atoms. The third-order valence-electron chi connectivity index (χ3n) is 4.17. The molecule has 0 spiro atoms. The van der Waals surface area contributed by atoms with Crippen molar-refractivity contribution in [2.24, 2.45) is 5.73 Å². The van der Waals surface area contributed by atoms with Crippen LogP contribution in [-0.2, 0) is 6.42 Å². The first-order valence-corrected chi connectivity index (χ1v) is 9.54. The third kappa shape index (κ3) is 14.3. The Kier molecular flexibility index (Phi) is 15.4. The van der Waals surface area contributed by atoms with Crippen LogP contribution in [0.25, 0.3) is 0 Å². The molecule has 0 aromatic heterocycles. The van der Waals surface area contributed by atoms with Gasteiger partial charge in [0.2, 0.25) is 0 Å². The molecule has 0 bridgehead atoms. The van der Waals surface area contributed by atoms with Gasteiger partial charge in [-0.15, -0.1) is 6.58 Å². The highest BCUT2D eigenvalue weighted by molar-refractivity contribution is 5.37. The molecule has 0 heterocycles. The van der Waals surface area contributed by atoms with E-state index in [4.69, 9.17) is 5.73 Å². The van der Waals surface area contributed by atoms with Gasteiger partial charge in [-0.05, 0) is 70.6 Å². The first-order valence-electron chi connectivity index (χ1n) is 9.54. The Morgan fingerprint density at radius 1 is 0.885 bits per heavy atom. The minimum absolute atomic E-state index is 0.625. The predicted molar refractivity (Wildman–Crippen MR) is 121 cm³/mol. The van der Waals surface area contributed by atoms with E-state index in [2.05, 4.69) is 71.7 Å². The summed E-state index contributed by atoms with van der Waals surface area (Å²) < 4.78 is 0. The Bertz CT molecular complexity index is 563. The summed E-state index contributed by atoms with van der Waals surface area (Å²) in [5.41, 5.74) is 13.4. The highest BCUT2D eigenvalue weighted by Crippen LogP contribution is 2.14. The van der Waals surface area contributed by atoms with E-state index < -0.39 is 0 Å². The lowest BCUT2D eigenvalue weighted by atomic mass is 10.0. The van der Waals surface area contributed by atoms with Gasteiger partial charge in [0.1, 0.15) is 0 Å². The van der Waals surface area contributed by atoms with E-state index in [0.717, 1.165) is 23.1 Å². The lowest BCUT2D eigenvalue weighted by molar-refractivity contribution is 0.789. The monoisotopic (exact) mass is 355 g/mol. The normalized spacial score (nSPS) is 10.4. The number of allylic oxidation sites excluding steroid dienone is 4. The molecule has 0 aliphatic carbocycles. The third-order valence-corrected chi connectivity index (χ3v) is 4.17. The van der Waals surface area contributed by atoms with E-state index in [1.54, 1.807) is 0 Å². The molecule has 0 atom stereocenters. The van der Waals surface area contributed by atoms with Crippen molar-refractivity contribution in [3.05, 3.63) is 83.1 Å². The van der Waals surface area contributed by atoms with Gasteiger partial charge in [-0.2, -0.15) is 0 Å². The van der Waals surface area contributed by atoms with Gasteiger partial charge in [-0.3, -0.25) is 0 Å². The van der Waals surface area contributed by atoms with E-state index >= 15 is 0 Å². The zero-order chi connectivity index (χ0) is 20.7. The number of aryl methyl sites for hydroxylation is 2. The standard InChI is InChI=1S/C9H15N.C9H12.C7H14/c1-6(2)7(3)8(4)9(5)10;1-3-9-6-4-8(2)5-7-9;1-4-5-6-7(2)3/h1,5,10H2,2-4H3;4-7H,3H2,1-2H3;2,4-6H2,1,3H3/b8-7-;;. The fraction of sp³-hybridized carbons (Fsp3) is 0.440. The molecule has 0 aliphatic rings. The van der Waals surface area contributed by atoms with Crippen molar-refractivity contribution in [3.63, 3.8) is 0 Å². The average Bonchev–Trinajstić information content (AvgIpc) is 2.60. The van der Waals surface area contributed by atoms with Gasteiger partial charge in [0, 0.05) is 5.70 Å². The second-order valence-corrected chi connectivity index (χ2v) is 6.96. The minimum atomic E-state index is 0.625. The minimum Gasteiger partial charge on any atom is -0.399 e. The molecule has 146 valence electrons. The van der Waals surface area contributed by atoms with E-state index in [0.29, 0.717) is 5.70 Å². The summed E-state index contributed by atoms with van der Waals surface area (Å²) in [5.74, 6) is 0. The molecule has 0 saturated heterocycles. The molecule has 0 saturated carbocycles. The maximum absolute atomic E-state index is 5.48. The van der Waals surface area contributed by atoms with Crippen LogP contribution >= 0.6 is 0 Å². The summed E-state index contributed by atoms with van der Waals surface area (Å²) in [7, 11) is 0. The first kappa shape index (κ1) is 26.2. The molecule has 1 aromatic carbocycles. The van der Waals surface area contributed by atoms with Crippen LogP contribution in [0.4, 0.5) is 0 Å². The van der Waals surface area contributed by atoms with Crippen LogP contribution in [0.2, 0.25) is 0 Å². The van der Waals surface area contributed by atoms with Crippen LogP contribution in [0.3, 0.4) is 0 Å². The number of benzene rings is 1. The van der Waals surface area contributed by atoms with Crippen molar-refractivity contribution in [1.29, 1.82) is 0 Å². The lowest BCUT2D eigenvalue weighted by Gasteiger charge is -2.05. The van der Waals surface area contributed by atoms with Crippen LogP contribution in [-0.4, -0.2) is 0 Å². The fourth-order valence-electron chi connectivity index (χ4n) is 1.86. The molecular weight excluding hydrogens is 314 g/mol. The SMILES string of the molecule is C=C(C)/C(C)=C(/C)C(=C)N.C=C(C)CCCC.CCc1ccc(C)cc1. The largest absolute Gasteiger partial charge is 0.399 e. The van der Waals surface area contributed by atoms with Crippen molar-refractivity contribution in [3.8, 4) is 0 Å². The number of unbranched alkanes of at least 4 members (excludes halogenated alkanes) is 1. The van der Waals surface area contributed by atoms with E-state index in [-0.39, 0.29) is 0 Å². The van der Waals surface area contributed by atoms with Gasteiger partial charge in [-0.1, -0.05) is 74.4 Å². The van der Waals surface area contributed by atoms with Crippen molar-refractivity contribution in [1.82, 2.24) is 0 Å². The van der Waals surface area contributed by atoms with Gasteiger partial charge in [0.05, 0.1) is 0 Å². The Labute approximate surface area is 163 Å². The Morgan fingerprint density at radius 2 is 1.38 bits per heavy atom. The lowest BCUT2D eigenvalue weighted by Crippen LogP contribution is -1.98. The summed E-state index contributed by atoms with van der Waals surface area (Å²) in [6.45, 7) is 25.7. The van der Waals surface area contributed by atoms with Crippen molar-refractivity contribution in [2.75, 3.05) is 0 Å². The molecule has 1 rings (SSSR count). The summed E-state index contributed by atoms with van der Waals surface area (Å²) in [5, 5.41) is 0. The highest BCUT2D eigenvalue weighted by atomic mass is 14.6. The van der Waals surface area contributed by atoms with E-state index in [1.165, 1.54) is 36.0 Å². The molecule has 0 aliphatic heterocycles. The zero-order valence-electron chi connectivity index (χ0n) is 18.3. The topological polar surface area (TPSA) is 26.0 Å². The summed E-state index contributed by atoms with van der Waals surface area (Å²) >= 11 is 0.